The molecule has 3 heteroatoms. The number of aryl methyl sites for hydroxylation is 2. The normalized spacial score (nSPS) is 12.5. The van der Waals surface area contributed by atoms with Crippen molar-refractivity contribution in [3.63, 3.8) is 0 Å². The molecule has 0 heterocycles. The van der Waals surface area contributed by atoms with Crippen molar-refractivity contribution in [2.45, 2.75) is 20.3 Å². The number of hydrogen-bond acceptors (Lipinski definition) is 0. The van der Waals surface area contributed by atoms with Gasteiger partial charge in [0.15, 0.2) is 0 Å². The minimum atomic E-state index is 0. The summed E-state index contributed by atoms with van der Waals surface area (Å²) in [6.45, 7) is 4.38. The van der Waals surface area contributed by atoms with Crippen LogP contribution in [0.3, 0.4) is 0 Å². The Balaban J connectivity index is 0.000000882. The van der Waals surface area contributed by atoms with Crippen molar-refractivity contribution in [3.8, 4) is 0 Å². The Morgan fingerprint density at radius 1 is 0.957 bits per heavy atom. The van der Waals surface area contributed by atoms with Crippen molar-refractivity contribution in [1.82, 2.24) is 0 Å². The Hall–Kier alpha value is -0.747. The largest absolute Gasteiger partial charge is 3.00 e. The maximum atomic E-state index is 2.36. The molecule has 0 fully saturated rings. The number of rotatable bonds is 1. The van der Waals surface area contributed by atoms with Crippen molar-refractivity contribution < 1.29 is 51.0 Å². The van der Waals surface area contributed by atoms with E-state index in [1.807, 2.05) is 0 Å². The standard InChI is InChI=1S/C20H17.2ClH.Zr/c1-13-7-9-17-16(11-13)12-19-18(17)10-8-14(2)20(19)15-5-3-4-6-15;;;/h3-5,7-12H,6H2,1-2H3;2*1H;/q-1;;;+3/p-2. The number of hydrogen-bond donors (Lipinski definition) is 0. The van der Waals surface area contributed by atoms with Gasteiger partial charge in [-0.2, -0.15) is 0 Å². The molecule has 0 unspecified atom stereocenters. The third-order valence-electron chi connectivity index (χ3n) is 4.34. The van der Waals surface area contributed by atoms with Gasteiger partial charge in [-0.1, -0.05) is 64.8 Å². The van der Waals surface area contributed by atoms with Gasteiger partial charge in [-0.25, -0.2) is 0 Å². The van der Waals surface area contributed by atoms with Gasteiger partial charge in [-0.15, -0.1) is 33.7 Å². The van der Waals surface area contributed by atoms with Crippen molar-refractivity contribution in [2.75, 3.05) is 0 Å². The van der Waals surface area contributed by atoms with Crippen LogP contribution in [0.1, 0.15) is 23.1 Å². The summed E-state index contributed by atoms with van der Waals surface area (Å²) in [5.41, 5.74) is 5.58. The minimum Gasteiger partial charge on any atom is -1.00 e. The molecule has 0 saturated carbocycles. The fourth-order valence-electron chi connectivity index (χ4n) is 3.37. The van der Waals surface area contributed by atoms with E-state index in [4.69, 9.17) is 0 Å². The molecule has 1 aliphatic rings. The Bertz CT molecular complexity index is 901. The maximum Gasteiger partial charge on any atom is 3.00 e. The quantitative estimate of drug-likeness (QED) is 0.475. The van der Waals surface area contributed by atoms with Crippen LogP contribution in [0.25, 0.3) is 27.1 Å². The van der Waals surface area contributed by atoms with Crippen LogP contribution in [0.4, 0.5) is 0 Å². The monoisotopic (exact) mass is 417 g/mol. The van der Waals surface area contributed by atoms with Gasteiger partial charge in [-0.3, -0.25) is 0 Å². The fraction of sp³-hybridized carbons (Fsp3) is 0.150. The van der Waals surface area contributed by atoms with Gasteiger partial charge in [0.2, 0.25) is 0 Å². The minimum absolute atomic E-state index is 0. The Kier molecular flexibility index (Phi) is 6.96. The topological polar surface area (TPSA) is 0 Å². The van der Waals surface area contributed by atoms with E-state index >= 15 is 0 Å². The molecule has 0 bridgehead atoms. The van der Waals surface area contributed by atoms with E-state index in [1.54, 1.807) is 0 Å². The third-order valence-corrected chi connectivity index (χ3v) is 4.34. The first-order valence-corrected chi connectivity index (χ1v) is 7.19. The predicted molar refractivity (Wildman–Crippen MR) is 88.3 cm³/mol. The molecule has 0 aliphatic heterocycles. The molecule has 3 aromatic rings. The summed E-state index contributed by atoms with van der Waals surface area (Å²) >= 11 is 0. The van der Waals surface area contributed by atoms with Crippen LogP contribution in [0.5, 0.6) is 0 Å². The number of fused-ring (bicyclic) bond motifs is 3. The van der Waals surface area contributed by atoms with Crippen molar-refractivity contribution >= 4 is 27.1 Å². The second kappa shape index (κ2) is 7.88. The van der Waals surface area contributed by atoms with E-state index < -0.39 is 0 Å². The van der Waals surface area contributed by atoms with E-state index in [1.165, 1.54) is 43.8 Å². The molecular weight excluding hydrogens is 402 g/mol. The van der Waals surface area contributed by atoms with Crippen molar-refractivity contribution in [2.24, 2.45) is 0 Å². The molecule has 0 N–H and O–H groups in total. The van der Waals surface area contributed by atoms with E-state index in [0.29, 0.717) is 0 Å². The summed E-state index contributed by atoms with van der Waals surface area (Å²) in [5, 5.41) is 5.52. The predicted octanol–water partition coefficient (Wildman–Crippen LogP) is -0.322. The summed E-state index contributed by atoms with van der Waals surface area (Å²) in [6.07, 6.45) is 7.71. The molecule has 4 rings (SSSR count). The van der Waals surface area contributed by atoms with Gasteiger partial charge < -0.3 is 24.8 Å². The zero-order valence-corrected chi connectivity index (χ0v) is 17.1. The van der Waals surface area contributed by atoms with Gasteiger partial charge in [0, 0.05) is 0 Å². The Morgan fingerprint density at radius 3 is 2.39 bits per heavy atom. The average molecular weight is 419 g/mol. The van der Waals surface area contributed by atoms with Gasteiger partial charge in [0.25, 0.3) is 0 Å². The Morgan fingerprint density at radius 2 is 1.70 bits per heavy atom. The molecule has 1 radical (unpaired) electrons. The van der Waals surface area contributed by atoms with Crippen LogP contribution in [0.2, 0.25) is 0 Å². The number of halogens is 2. The van der Waals surface area contributed by atoms with Crippen LogP contribution in [0.15, 0.2) is 54.6 Å². The Labute approximate surface area is 169 Å². The summed E-state index contributed by atoms with van der Waals surface area (Å²) in [4.78, 5) is 0. The number of allylic oxidation sites excluding steroid dienone is 4. The second-order valence-electron chi connectivity index (χ2n) is 5.78. The molecule has 0 saturated heterocycles. The van der Waals surface area contributed by atoms with E-state index in [-0.39, 0.29) is 51.0 Å². The van der Waals surface area contributed by atoms with Crippen LogP contribution in [-0.2, 0) is 26.2 Å². The molecule has 23 heavy (non-hydrogen) atoms. The summed E-state index contributed by atoms with van der Waals surface area (Å²) < 4.78 is 0. The van der Waals surface area contributed by atoms with Crippen LogP contribution >= 0.6 is 0 Å². The second-order valence-corrected chi connectivity index (χ2v) is 5.78. The average Bonchev–Trinajstić information content (AvgIpc) is 3.04. The summed E-state index contributed by atoms with van der Waals surface area (Å²) in [5.74, 6) is 0. The molecule has 0 spiro atoms. The molecular formula is C20H17Cl2Zr. The SMILES string of the molecule is Cc1ccc2c(c1)[cH-]c1c(C3=CC=CC3)c(C)ccc12.[Cl-].[Cl-].[Zr+3]. The molecule has 3 aromatic carbocycles. The van der Waals surface area contributed by atoms with Gasteiger partial charge in [-0.05, 0) is 20.3 Å². The first-order valence-electron chi connectivity index (χ1n) is 7.19. The van der Waals surface area contributed by atoms with E-state index in [2.05, 4.69) is 68.5 Å². The van der Waals surface area contributed by atoms with Crippen molar-refractivity contribution in [3.05, 3.63) is 71.3 Å². The zero-order chi connectivity index (χ0) is 13.7. The van der Waals surface area contributed by atoms with Gasteiger partial charge in [0.05, 0.1) is 0 Å². The smallest absolute Gasteiger partial charge is 1.00 e. The van der Waals surface area contributed by atoms with Crippen LogP contribution in [0, 0.1) is 13.8 Å². The fourth-order valence-corrected chi connectivity index (χ4v) is 3.37. The third kappa shape index (κ3) is 3.38. The summed E-state index contributed by atoms with van der Waals surface area (Å²) in [7, 11) is 0. The molecule has 0 amide bonds. The molecule has 0 atom stereocenters. The molecule has 0 aromatic heterocycles. The van der Waals surface area contributed by atoms with Gasteiger partial charge in [0.1, 0.15) is 0 Å². The maximum absolute atomic E-state index is 2.36. The van der Waals surface area contributed by atoms with Gasteiger partial charge >= 0.3 is 26.2 Å². The first-order chi connectivity index (χ1) is 9.74. The molecule has 115 valence electrons. The summed E-state index contributed by atoms with van der Waals surface area (Å²) in [6, 6.07) is 13.6. The van der Waals surface area contributed by atoms with Crippen LogP contribution in [-0.4, -0.2) is 0 Å². The zero-order valence-electron chi connectivity index (χ0n) is 13.2. The molecule has 0 nitrogen and oxygen atoms in total. The van der Waals surface area contributed by atoms with E-state index in [9.17, 15) is 0 Å². The van der Waals surface area contributed by atoms with Crippen LogP contribution < -0.4 is 24.8 Å². The van der Waals surface area contributed by atoms with E-state index in [0.717, 1.165) is 6.42 Å². The molecule has 1 aliphatic carbocycles. The first kappa shape index (κ1) is 20.3. The van der Waals surface area contributed by atoms with Crippen molar-refractivity contribution in [1.29, 1.82) is 0 Å². The number of benzene rings is 2.